The lowest BCUT2D eigenvalue weighted by Crippen LogP contribution is -2.41. The number of urea groups is 1. The number of methoxy groups -OCH3 is 1. The molecule has 16 heavy (non-hydrogen) atoms. The molecule has 0 aromatic rings. The first-order chi connectivity index (χ1) is 7.60. The Labute approximate surface area is 94.7 Å². The third-order valence-electron chi connectivity index (χ3n) is 1.86. The summed E-state index contributed by atoms with van der Waals surface area (Å²) in [6, 6.07) is -0.339. The number of hydrogen-bond acceptors (Lipinski definition) is 3. The highest BCUT2D eigenvalue weighted by Crippen LogP contribution is 1.95. The van der Waals surface area contributed by atoms with Crippen molar-refractivity contribution in [2.75, 3.05) is 20.2 Å². The van der Waals surface area contributed by atoms with Gasteiger partial charge in [0, 0.05) is 20.2 Å². The van der Waals surface area contributed by atoms with Gasteiger partial charge in [0.25, 0.3) is 0 Å². The molecule has 0 spiro atoms. The fourth-order valence-corrected chi connectivity index (χ4v) is 0.990. The van der Waals surface area contributed by atoms with Gasteiger partial charge in [0.1, 0.15) is 0 Å². The Balaban J connectivity index is 3.70. The molecule has 0 bridgehead atoms. The monoisotopic (exact) mass is 230 g/mol. The van der Waals surface area contributed by atoms with E-state index in [1.165, 1.54) is 7.11 Å². The van der Waals surface area contributed by atoms with Gasteiger partial charge in [-0.05, 0) is 6.42 Å². The molecule has 6 heteroatoms. The SMILES string of the molecule is C=CCCNC(=O)NCC(CC(=O)O)OC. The van der Waals surface area contributed by atoms with Crippen LogP contribution in [0.2, 0.25) is 0 Å². The summed E-state index contributed by atoms with van der Waals surface area (Å²) in [6.07, 6.45) is 1.74. The second kappa shape index (κ2) is 8.72. The number of ether oxygens (including phenoxy) is 1. The number of hydrogen-bond donors (Lipinski definition) is 3. The molecule has 92 valence electrons. The summed E-state index contributed by atoms with van der Waals surface area (Å²) in [7, 11) is 1.41. The van der Waals surface area contributed by atoms with E-state index in [0.29, 0.717) is 13.0 Å². The van der Waals surface area contributed by atoms with Crippen LogP contribution in [0.25, 0.3) is 0 Å². The molecule has 0 radical (unpaired) electrons. The molecule has 0 aromatic carbocycles. The van der Waals surface area contributed by atoms with E-state index < -0.39 is 12.1 Å². The van der Waals surface area contributed by atoms with Crippen molar-refractivity contribution in [3.63, 3.8) is 0 Å². The molecule has 0 saturated heterocycles. The van der Waals surface area contributed by atoms with E-state index >= 15 is 0 Å². The van der Waals surface area contributed by atoms with Crippen molar-refractivity contribution in [3.8, 4) is 0 Å². The molecule has 0 aliphatic carbocycles. The number of carboxylic acid groups (broad SMARTS) is 1. The maximum absolute atomic E-state index is 11.2. The van der Waals surface area contributed by atoms with Gasteiger partial charge in [-0.2, -0.15) is 0 Å². The van der Waals surface area contributed by atoms with Crippen LogP contribution in [0.3, 0.4) is 0 Å². The third kappa shape index (κ3) is 7.81. The molecule has 0 aliphatic heterocycles. The van der Waals surface area contributed by atoms with Crippen molar-refractivity contribution in [1.29, 1.82) is 0 Å². The standard InChI is InChI=1S/C10H18N2O4/c1-3-4-5-11-10(15)12-7-8(16-2)6-9(13)14/h3,8H,1,4-7H2,2H3,(H,13,14)(H2,11,12,15). The zero-order valence-electron chi connectivity index (χ0n) is 9.36. The predicted octanol–water partition coefficient (Wildman–Crippen LogP) is 0.351. The number of carboxylic acids is 1. The third-order valence-corrected chi connectivity index (χ3v) is 1.86. The number of carbonyl (C=O) groups is 2. The first-order valence-electron chi connectivity index (χ1n) is 4.97. The fourth-order valence-electron chi connectivity index (χ4n) is 0.990. The number of aliphatic carboxylic acids is 1. The fraction of sp³-hybridized carbons (Fsp3) is 0.600. The van der Waals surface area contributed by atoms with Crippen LogP contribution in [0.4, 0.5) is 4.79 Å². The zero-order valence-corrected chi connectivity index (χ0v) is 9.36. The molecule has 0 saturated carbocycles. The van der Waals surface area contributed by atoms with Gasteiger partial charge < -0.3 is 20.5 Å². The van der Waals surface area contributed by atoms with Crippen LogP contribution in [0, 0.1) is 0 Å². The minimum absolute atomic E-state index is 0.135. The molecule has 2 amide bonds. The molecule has 0 fully saturated rings. The Bertz CT molecular complexity index is 243. The van der Waals surface area contributed by atoms with E-state index in [-0.39, 0.29) is 19.0 Å². The van der Waals surface area contributed by atoms with E-state index in [2.05, 4.69) is 17.2 Å². The number of nitrogens with one attached hydrogen (secondary N) is 2. The smallest absolute Gasteiger partial charge is 0.314 e. The van der Waals surface area contributed by atoms with Gasteiger partial charge >= 0.3 is 12.0 Å². The summed E-state index contributed by atoms with van der Waals surface area (Å²) in [5.74, 6) is -0.958. The summed E-state index contributed by atoms with van der Waals surface area (Å²) < 4.78 is 4.90. The van der Waals surface area contributed by atoms with Crippen molar-refractivity contribution >= 4 is 12.0 Å². The Kier molecular flexibility index (Phi) is 7.87. The van der Waals surface area contributed by atoms with Crippen LogP contribution >= 0.6 is 0 Å². The normalized spacial score (nSPS) is 11.6. The van der Waals surface area contributed by atoms with Crippen molar-refractivity contribution in [1.82, 2.24) is 10.6 Å². The average Bonchev–Trinajstić information content (AvgIpc) is 2.24. The highest BCUT2D eigenvalue weighted by atomic mass is 16.5. The molecule has 0 aliphatic rings. The van der Waals surface area contributed by atoms with E-state index in [9.17, 15) is 9.59 Å². The van der Waals surface area contributed by atoms with Crippen LogP contribution in [0.5, 0.6) is 0 Å². The molecule has 0 rings (SSSR count). The zero-order chi connectivity index (χ0) is 12.4. The molecule has 6 nitrogen and oxygen atoms in total. The lowest BCUT2D eigenvalue weighted by atomic mass is 10.2. The summed E-state index contributed by atoms with van der Waals surface area (Å²) in [4.78, 5) is 21.6. The van der Waals surface area contributed by atoms with Crippen LogP contribution in [-0.2, 0) is 9.53 Å². The largest absolute Gasteiger partial charge is 0.481 e. The molecule has 1 unspecified atom stereocenters. The maximum Gasteiger partial charge on any atom is 0.314 e. The summed E-state index contributed by atoms with van der Waals surface area (Å²) >= 11 is 0. The minimum atomic E-state index is -0.958. The van der Waals surface area contributed by atoms with E-state index in [0.717, 1.165) is 0 Å². The lowest BCUT2D eigenvalue weighted by Gasteiger charge is -2.14. The van der Waals surface area contributed by atoms with Crippen LogP contribution in [0.15, 0.2) is 12.7 Å². The van der Waals surface area contributed by atoms with Gasteiger partial charge in [-0.3, -0.25) is 4.79 Å². The molecule has 1 atom stereocenters. The lowest BCUT2D eigenvalue weighted by molar-refractivity contribution is -0.139. The van der Waals surface area contributed by atoms with Gasteiger partial charge in [0.2, 0.25) is 0 Å². The quantitative estimate of drug-likeness (QED) is 0.415. The average molecular weight is 230 g/mol. The predicted molar refractivity (Wildman–Crippen MR) is 59.3 cm³/mol. The van der Waals surface area contributed by atoms with Gasteiger partial charge in [-0.1, -0.05) is 6.08 Å². The Hall–Kier alpha value is -1.56. The van der Waals surface area contributed by atoms with Crippen LogP contribution in [-0.4, -0.2) is 43.4 Å². The number of rotatable bonds is 8. The van der Waals surface area contributed by atoms with Crippen molar-refractivity contribution in [2.45, 2.75) is 18.9 Å². The summed E-state index contributed by atoms with van der Waals surface area (Å²) in [5.41, 5.74) is 0. The van der Waals surface area contributed by atoms with Crippen LogP contribution < -0.4 is 10.6 Å². The first-order valence-corrected chi connectivity index (χ1v) is 4.97. The summed E-state index contributed by atoms with van der Waals surface area (Å²) in [5, 5.41) is 13.7. The molecular weight excluding hydrogens is 212 g/mol. The topological polar surface area (TPSA) is 87.7 Å². The number of amides is 2. The molecule has 0 heterocycles. The van der Waals surface area contributed by atoms with E-state index in [4.69, 9.17) is 9.84 Å². The highest BCUT2D eigenvalue weighted by molar-refractivity contribution is 5.74. The van der Waals surface area contributed by atoms with Crippen molar-refractivity contribution in [3.05, 3.63) is 12.7 Å². The van der Waals surface area contributed by atoms with Gasteiger partial charge in [0.05, 0.1) is 12.5 Å². The summed E-state index contributed by atoms with van der Waals surface area (Å²) in [6.45, 7) is 4.20. The van der Waals surface area contributed by atoms with Crippen LogP contribution in [0.1, 0.15) is 12.8 Å². The second-order valence-electron chi connectivity index (χ2n) is 3.17. The Morgan fingerprint density at radius 3 is 2.69 bits per heavy atom. The van der Waals surface area contributed by atoms with E-state index in [1.807, 2.05) is 0 Å². The Morgan fingerprint density at radius 1 is 1.50 bits per heavy atom. The first kappa shape index (κ1) is 14.4. The van der Waals surface area contributed by atoms with Crippen molar-refractivity contribution < 1.29 is 19.4 Å². The second-order valence-corrected chi connectivity index (χ2v) is 3.17. The molecule has 3 N–H and O–H groups in total. The van der Waals surface area contributed by atoms with Gasteiger partial charge in [0.15, 0.2) is 0 Å². The highest BCUT2D eigenvalue weighted by Gasteiger charge is 2.12. The minimum Gasteiger partial charge on any atom is -0.481 e. The number of carbonyl (C=O) groups excluding carboxylic acids is 1. The maximum atomic E-state index is 11.2. The molecular formula is C10H18N2O4. The van der Waals surface area contributed by atoms with E-state index in [1.54, 1.807) is 6.08 Å². The van der Waals surface area contributed by atoms with Crippen molar-refractivity contribution in [2.24, 2.45) is 0 Å². The van der Waals surface area contributed by atoms with Gasteiger partial charge in [-0.15, -0.1) is 6.58 Å². The van der Waals surface area contributed by atoms with Gasteiger partial charge in [-0.25, -0.2) is 4.79 Å². The Morgan fingerprint density at radius 2 is 2.19 bits per heavy atom. The molecule has 0 aromatic heterocycles.